The molecule has 1 N–H and O–H groups in total. The van der Waals surface area contributed by atoms with E-state index in [0.717, 1.165) is 0 Å². The van der Waals surface area contributed by atoms with Crippen molar-refractivity contribution in [1.29, 1.82) is 5.26 Å². The number of carbonyl (C=O) groups is 1. The van der Waals surface area contributed by atoms with Crippen molar-refractivity contribution in [3.05, 3.63) is 56.3 Å². The van der Waals surface area contributed by atoms with Gasteiger partial charge in [0.2, 0.25) is 0 Å². The van der Waals surface area contributed by atoms with Gasteiger partial charge >= 0.3 is 5.97 Å². The lowest BCUT2D eigenvalue weighted by atomic mass is 9.80. The molecule has 0 aliphatic carbocycles. The summed E-state index contributed by atoms with van der Waals surface area (Å²) in [5.41, 5.74) is 2.27. The molecule has 2 rings (SSSR count). The molecule has 1 unspecified atom stereocenters. The van der Waals surface area contributed by atoms with Crippen LogP contribution in [0.5, 0.6) is 0 Å². The minimum atomic E-state index is -0.737. The second-order valence-electron chi connectivity index (χ2n) is 6.12. The number of rotatable bonds is 5. The van der Waals surface area contributed by atoms with Crippen LogP contribution < -0.4 is 5.32 Å². The Kier molecular flexibility index (Phi) is 6.71. The summed E-state index contributed by atoms with van der Waals surface area (Å²) in [4.78, 5) is 12.9. The first kappa shape index (κ1) is 20.3. The van der Waals surface area contributed by atoms with E-state index in [1.165, 1.54) is 7.11 Å². The molecule has 1 aromatic rings. The van der Waals surface area contributed by atoms with Gasteiger partial charge in [0, 0.05) is 28.4 Å². The van der Waals surface area contributed by atoms with Crippen LogP contribution in [0.25, 0.3) is 0 Å². The molecule has 1 aliphatic heterocycles. The Morgan fingerprint density at radius 3 is 2.46 bits per heavy atom. The first-order valence-electron chi connectivity index (χ1n) is 8.06. The molecule has 0 bridgehead atoms. The second-order valence-corrected chi connectivity index (χ2v) is 6.94. The molecular weight excluding hydrogens is 375 g/mol. The third-order valence-corrected chi connectivity index (χ3v) is 4.56. The van der Waals surface area contributed by atoms with Crippen LogP contribution in [0, 0.1) is 11.3 Å². The van der Waals surface area contributed by atoms with Gasteiger partial charge in [0.1, 0.15) is 0 Å². The topological polar surface area (TPSA) is 71.3 Å². The zero-order valence-electron chi connectivity index (χ0n) is 15.0. The summed E-state index contributed by atoms with van der Waals surface area (Å²) in [6.45, 7) is 5.43. The number of halogens is 2. The SMILES string of the molecule is COCC1=C(C(=O)OC(C)C)C(c2c(Cl)cccc2Cl)C(C#N)=C(C)N1. The molecule has 0 amide bonds. The molecule has 0 saturated carbocycles. The zero-order valence-corrected chi connectivity index (χ0v) is 16.5. The number of dihydropyridines is 1. The van der Waals surface area contributed by atoms with E-state index in [1.807, 2.05) is 0 Å². The molecule has 5 nitrogen and oxygen atoms in total. The van der Waals surface area contributed by atoms with Crippen molar-refractivity contribution < 1.29 is 14.3 Å². The van der Waals surface area contributed by atoms with Crippen LogP contribution >= 0.6 is 23.2 Å². The van der Waals surface area contributed by atoms with Crippen molar-refractivity contribution in [3.8, 4) is 6.07 Å². The summed E-state index contributed by atoms with van der Waals surface area (Å²) in [6, 6.07) is 7.24. The van der Waals surface area contributed by atoms with E-state index >= 15 is 0 Å². The highest BCUT2D eigenvalue weighted by molar-refractivity contribution is 6.36. The number of hydrogen-bond donors (Lipinski definition) is 1. The van der Waals surface area contributed by atoms with Crippen LogP contribution in [0.3, 0.4) is 0 Å². The molecule has 1 aliphatic rings. The first-order chi connectivity index (χ1) is 12.3. The standard InChI is InChI=1S/C19H20Cl2N2O3/c1-10(2)26-19(24)18-15(9-25-4)23-11(3)12(8-22)16(18)17-13(20)6-5-7-14(17)21/h5-7,10,16,23H,9H2,1-4H3. The van der Waals surface area contributed by atoms with Gasteiger partial charge in [0.15, 0.2) is 0 Å². The van der Waals surface area contributed by atoms with Gasteiger partial charge in [-0.2, -0.15) is 5.26 Å². The van der Waals surface area contributed by atoms with Crippen molar-refractivity contribution in [2.75, 3.05) is 13.7 Å². The minimum absolute atomic E-state index is 0.150. The highest BCUT2D eigenvalue weighted by atomic mass is 35.5. The van der Waals surface area contributed by atoms with Crippen molar-refractivity contribution in [2.24, 2.45) is 0 Å². The third-order valence-electron chi connectivity index (χ3n) is 3.91. The average molecular weight is 395 g/mol. The molecule has 0 radical (unpaired) electrons. The number of carbonyl (C=O) groups excluding carboxylic acids is 1. The van der Waals surface area contributed by atoms with E-state index in [4.69, 9.17) is 32.7 Å². The number of esters is 1. The Labute approximate surface area is 163 Å². The quantitative estimate of drug-likeness (QED) is 0.752. The fourth-order valence-electron chi connectivity index (χ4n) is 2.90. The van der Waals surface area contributed by atoms with Gasteiger partial charge in [-0.3, -0.25) is 0 Å². The maximum Gasteiger partial charge on any atom is 0.337 e. The Morgan fingerprint density at radius 2 is 1.96 bits per heavy atom. The minimum Gasteiger partial charge on any atom is -0.460 e. The molecule has 7 heteroatoms. The average Bonchev–Trinajstić information content (AvgIpc) is 2.54. The lowest BCUT2D eigenvalue weighted by Gasteiger charge is -2.31. The van der Waals surface area contributed by atoms with Gasteiger partial charge in [0.25, 0.3) is 0 Å². The van der Waals surface area contributed by atoms with Crippen LogP contribution in [-0.4, -0.2) is 25.8 Å². The summed E-state index contributed by atoms with van der Waals surface area (Å²) in [6.07, 6.45) is -0.321. The van der Waals surface area contributed by atoms with Gasteiger partial charge in [0.05, 0.1) is 41.5 Å². The zero-order chi connectivity index (χ0) is 19.4. The maximum absolute atomic E-state index is 12.9. The van der Waals surface area contributed by atoms with Crippen LogP contribution in [0.2, 0.25) is 10.0 Å². The summed E-state index contributed by atoms with van der Waals surface area (Å²) in [7, 11) is 1.52. The Bertz CT molecular complexity index is 802. The molecule has 0 fully saturated rings. The van der Waals surface area contributed by atoms with E-state index in [1.54, 1.807) is 39.0 Å². The monoisotopic (exact) mass is 394 g/mol. The number of nitrogens with zero attached hydrogens (tertiary/aromatic N) is 1. The van der Waals surface area contributed by atoms with Gasteiger partial charge in [-0.25, -0.2) is 4.79 Å². The number of methoxy groups -OCH3 is 1. The van der Waals surface area contributed by atoms with Crippen molar-refractivity contribution in [3.63, 3.8) is 0 Å². The number of ether oxygens (including phenoxy) is 2. The van der Waals surface area contributed by atoms with E-state index in [2.05, 4.69) is 11.4 Å². The highest BCUT2D eigenvalue weighted by Gasteiger charge is 2.37. The molecule has 26 heavy (non-hydrogen) atoms. The van der Waals surface area contributed by atoms with E-state index in [0.29, 0.717) is 32.6 Å². The first-order valence-corrected chi connectivity index (χ1v) is 8.82. The van der Waals surface area contributed by atoms with Crippen LogP contribution in [0.4, 0.5) is 0 Å². The van der Waals surface area contributed by atoms with E-state index < -0.39 is 11.9 Å². The lowest BCUT2D eigenvalue weighted by Crippen LogP contribution is -2.32. The van der Waals surface area contributed by atoms with Gasteiger partial charge < -0.3 is 14.8 Å². The van der Waals surface area contributed by atoms with Crippen molar-refractivity contribution >= 4 is 29.2 Å². The van der Waals surface area contributed by atoms with E-state index in [-0.39, 0.29) is 18.3 Å². The molecule has 1 aromatic carbocycles. The van der Waals surface area contributed by atoms with Gasteiger partial charge in [-0.05, 0) is 32.9 Å². The Morgan fingerprint density at radius 1 is 1.35 bits per heavy atom. The molecule has 0 saturated heterocycles. The Balaban J connectivity index is 2.75. The number of benzene rings is 1. The predicted octanol–water partition coefficient (Wildman–Crippen LogP) is 4.33. The summed E-state index contributed by atoms with van der Waals surface area (Å²) in [5.74, 6) is -1.28. The normalized spacial score (nSPS) is 17.2. The summed E-state index contributed by atoms with van der Waals surface area (Å²) in [5, 5.41) is 13.6. The fourth-order valence-corrected chi connectivity index (χ4v) is 3.51. The van der Waals surface area contributed by atoms with Crippen molar-refractivity contribution in [2.45, 2.75) is 32.8 Å². The second kappa shape index (κ2) is 8.59. The summed E-state index contributed by atoms with van der Waals surface area (Å²) >= 11 is 12.8. The lowest BCUT2D eigenvalue weighted by molar-refractivity contribution is -0.143. The molecular formula is C19H20Cl2N2O3. The van der Waals surface area contributed by atoms with Crippen LogP contribution in [0.1, 0.15) is 32.3 Å². The smallest absolute Gasteiger partial charge is 0.337 e. The number of nitriles is 1. The predicted molar refractivity (Wildman–Crippen MR) is 101 cm³/mol. The summed E-state index contributed by atoms with van der Waals surface area (Å²) < 4.78 is 10.6. The highest BCUT2D eigenvalue weighted by Crippen LogP contribution is 2.44. The molecule has 0 spiro atoms. The molecule has 0 aromatic heterocycles. The largest absolute Gasteiger partial charge is 0.460 e. The fraction of sp³-hybridized carbons (Fsp3) is 0.368. The molecule has 1 heterocycles. The maximum atomic E-state index is 12.9. The van der Waals surface area contributed by atoms with Gasteiger partial charge in [-0.1, -0.05) is 29.3 Å². The van der Waals surface area contributed by atoms with Crippen molar-refractivity contribution in [1.82, 2.24) is 5.32 Å². The number of allylic oxidation sites excluding steroid dienone is 2. The van der Waals surface area contributed by atoms with Crippen LogP contribution in [0.15, 0.2) is 40.7 Å². The Hall–Kier alpha value is -2.00. The van der Waals surface area contributed by atoms with Crippen LogP contribution in [-0.2, 0) is 14.3 Å². The van der Waals surface area contributed by atoms with E-state index in [9.17, 15) is 10.1 Å². The third kappa shape index (κ3) is 4.04. The molecule has 1 atom stereocenters. The van der Waals surface area contributed by atoms with Gasteiger partial charge in [-0.15, -0.1) is 0 Å². The number of hydrogen-bond acceptors (Lipinski definition) is 5. The number of nitrogens with one attached hydrogen (secondary N) is 1. The molecule has 138 valence electrons.